The van der Waals surface area contributed by atoms with Crippen molar-refractivity contribution in [3.8, 4) is 11.5 Å². The van der Waals surface area contributed by atoms with Gasteiger partial charge in [0.1, 0.15) is 6.04 Å². The van der Waals surface area contributed by atoms with Crippen LogP contribution < -0.4 is 25.8 Å². The Balaban J connectivity index is 1.75. The first-order valence-corrected chi connectivity index (χ1v) is 14.6. The third-order valence-corrected chi connectivity index (χ3v) is 8.65. The van der Waals surface area contributed by atoms with Crippen molar-refractivity contribution >= 4 is 33.5 Å². The van der Waals surface area contributed by atoms with Crippen molar-refractivity contribution in [3.63, 3.8) is 0 Å². The molecule has 2 aromatic carbocycles. The Hall–Kier alpha value is -3.64. The predicted octanol–water partition coefficient (Wildman–Crippen LogP) is 2.91. The average molecular weight is 574 g/mol. The highest BCUT2D eigenvalue weighted by Gasteiger charge is 2.26. The Kier molecular flexibility index (Phi) is 10.9. The normalized spacial score (nSPS) is 15.4. The number of amides is 2. The van der Waals surface area contributed by atoms with Crippen LogP contribution in [0.2, 0.25) is 0 Å². The van der Waals surface area contributed by atoms with Gasteiger partial charge < -0.3 is 20.5 Å². The molecule has 1 atom stereocenters. The number of rotatable bonds is 11. The molecule has 2 amide bonds. The molecule has 0 heterocycles. The second kappa shape index (κ2) is 14.1. The van der Waals surface area contributed by atoms with Gasteiger partial charge in [0.25, 0.3) is 0 Å². The van der Waals surface area contributed by atoms with Crippen molar-refractivity contribution in [3.05, 3.63) is 48.0 Å². The Morgan fingerprint density at radius 3 is 2.40 bits per heavy atom. The highest BCUT2D eigenvalue weighted by Crippen LogP contribution is 2.29. The molecule has 2 aromatic rings. The lowest BCUT2D eigenvalue weighted by atomic mass is 9.84. The number of nitrogens with two attached hydrogens (primary N) is 1. The van der Waals surface area contributed by atoms with Crippen molar-refractivity contribution in [2.75, 3.05) is 33.6 Å². The van der Waals surface area contributed by atoms with Crippen molar-refractivity contribution in [1.29, 1.82) is 0 Å². The molecule has 1 aliphatic rings. The molecule has 0 aliphatic heterocycles. The van der Waals surface area contributed by atoms with Crippen molar-refractivity contribution in [2.24, 2.45) is 16.6 Å². The lowest BCUT2D eigenvalue weighted by molar-refractivity contribution is -0.119. The molecule has 12 heteroatoms. The standard InChI is InChI=1S/C28H39N5O6S/c1-33(2)40(36,37)22-12-8-11-21(18-22)30-27(35)23(15-19-9-6-5-7-10-19)31-28(29)32-26(34)17-20-13-14-24(38-3)25(16-20)39-4/h8,11-14,16,18-19,23H,5-7,9-10,15,17H2,1-4H3,(H,30,35)(H3,29,31,32,34)/t23-/m1/s1. The molecule has 218 valence electrons. The number of carbonyl (C=O) groups excluding carboxylic acids is 2. The van der Waals surface area contributed by atoms with E-state index in [0.717, 1.165) is 36.4 Å². The van der Waals surface area contributed by atoms with E-state index in [2.05, 4.69) is 15.6 Å². The first-order valence-electron chi connectivity index (χ1n) is 13.2. The van der Waals surface area contributed by atoms with E-state index in [1.807, 2.05) is 0 Å². The van der Waals surface area contributed by atoms with Crippen LogP contribution in [0.3, 0.4) is 0 Å². The molecular weight excluding hydrogens is 534 g/mol. The number of carbonyl (C=O) groups is 2. The Labute approximate surface area is 236 Å². The number of guanidine groups is 1. The second-order valence-electron chi connectivity index (χ2n) is 9.99. The third-order valence-electron chi connectivity index (χ3n) is 6.84. The number of anilines is 1. The number of aliphatic imine (C=N–C) groups is 1. The fourth-order valence-electron chi connectivity index (χ4n) is 4.69. The number of nitrogens with zero attached hydrogens (tertiary/aromatic N) is 2. The van der Waals surface area contributed by atoms with E-state index >= 15 is 0 Å². The van der Waals surface area contributed by atoms with Gasteiger partial charge in [0.05, 0.1) is 25.5 Å². The van der Waals surface area contributed by atoms with Crippen molar-refractivity contribution in [2.45, 2.75) is 55.9 Å². The molecule has 3 rings (SSSR count). The van der Waals surface area contributed by atoms with Crippen LogP contribution in [-0.4, -0.2) is 64.9 Å². The van der Waals surface area contributed by atoms with Gasteiger partial charge in [-0.1, -0.05) is 44.2 Å². The van der Waals surface area contributed by atoms with Crippen LogP contribution in [-0.2, 0) is 26.0 Å². The summed E-state index contributed by atoms with van der Waals surface area (Å²) in [7, 11) is 2.26. The molecule has 0 bridgehead atoms. The summed E-state index contributed by atoms with van der Waals surface area (Å²) in [6.45, 7) is 0. The van der Waals surface area contributed by atoms with Crippen LogP contribution in [0.25, 0.3) is 0 Å². The van der Waals surface area contributed by atoms with Gasteiger partial charge in [0.15, 0.2) is 17.5 Å². The van der Waals surface area contributed by atoms with E-state index in [9.17, 15) is 18.0 Å². The van der Waals surface area contributed by atoms with Gasteiger partial charge in [-0.2, -0.15) is 0 Å². The van der Waals surface area contributed by atoms with Gasteiger partial charge in [0, 0.05) is 19.8 Å². The number of nitrogens with one attached hydrogen (secondary N) is 2. The lowest BCUT2D eigenvalue weighted by Gasteiger charge is -2.24. The molecule has 40 heavy (non-hydrogen) atoms. The zero-order valence-corrected chi connectivity index (χ0v) is 24.3. The van der Waals surface area contributed by atoms with E-state index in [1.54, 1.807) is 30.3 Å². The molecule has 1 aliphatic carbocycles. The largest absolute Gasteiger partial charge is 0.493 e. The van der Waals surface area contributed by atoms with E-state index < -0.39 is 27.9 Å². The maximum Gasteiger partial charge on any atom is 0.249 e. The summed E-state index contributed by atoms with van der Waals surface area (Å²) in [5.41, 5.74) is 7.10. The van der Waals surface area contributed by atoms with Crippen LogP contribution in [0.4, 0.5) is 5.69 Å². The van der Waals surface area contributed by atoms with Crippen LogP contribution >= 0.6 is 0 Å². The average Bonchev–Trinajstić information content (AvgIpc) is 2.93. The first-order chi connectivity index (χ1) is 19.0. The minimum absolute atomic E-state index is 0.0171. The highest BCUT2D eigenvalue weighted by molar-refractivity contribution is 7.89. The van der Waals surface area contributed by atoms with Crippen LogP contribution in [0, 0.1) is 5.92 Å². The Morgan fingerprint density at radius 2 is 1.75 bits per heavy atom. The predicted molar refractivity (Wildman–Crippen MR) is 154 cm³/mol. The zero-order valence-electron chi connectivity index (χ0n) is 23.5. The summed E-state index contributed by atoms with van der Waals surface area (Å²) in [6, 6.07) is 10.3. The summed E-state index contributed by atoms with van der Waals surface area (Å²) in [6.07, 6.45) is 5.80. The minimum Gasteiger partial charge on any atom is -0.493 e. The Morgan fingerprint density at radius 1 is 1.05 bits per heavy atom. The summed E-state index contributed by atoms with van der Waals surface area (Å²) in [5, 5.41) is 5.36. The van der Waals surface area contributed by atoms with Crippen molar-refractivity contribution in [1.82, 2.24) is 9.62 Å². The minimum atomic E-state index is -3.67. The monoisotopic (exact) mass is 573 g/mol. The SMILES string of the molecule is COc1ccc(CC(=O)NC(N)=N[C@H](CC2CCCCC2)C(=O)Nc2cccc(S(=O)(=O)N(C)C)c2)cc1OC. The van der Waals surface area contributed by atoms with Gasteiger partial charge in [-0.15, -0.1) is 0 Å². The molecule has 4 N–H and O–H groups in total. The van der Waals surface area contributed by atoms with Gasteiger partial charge in [-0.25, -0.2) is 17.7 Å². The first kappa shape index (κ1) is 30.9. The van der Waals surface area contributed by atoms with Crippen molar-refractivity contribution < 1.29 is 27.5 Å². The molecule has 0 spiro atoms. The summed E-state index contributed by atoms with van der Waals surface area (Å²) >= 11 is 0. The molecule has 1 saturated carbocycles. The highest BCUT2D eigenvalue weighted by atomic mass is 32.2. The third kappa shape index (κ3) is 8.43. The van der Waals surface area contributed by atoms with E-state index in [-0.39, 0.29) is 17.3 Å². The molecule has 11 nitrogen and oxygen atoms in total. The van der Waals surface area contributed by atoms with E-state index in [1.165, 1.54) is 40.4 Å². The summed E-state index contributed by atoms with van der Waals surface area (Å²) in [5.74, 6) is 0.360. The van der Waals surface area contributed by atoms with Gasteiger partial charge >= 0.3 is 0 Å². The number of methoxy groups -OCH3 is 2. The lowest BCUT2D eigenvalue weighted by Crippen LogP contribution is -2.40. The maximum absolute atomic E-state index is 13.4. The van der Waals surface area contributed by atoms with Crippen LogP contribution in [0.15, 0.2) is 52.4 Å². The quantitative estimate of drug-likeness (QED) is 0.276. The zero-order chi connectivity index (χ0) is 29.3. The molecule has 0 aromatic heterocycles. The number of hydrogen-bond donors (Lipinski definition) is 3. The molecule has 1 fully saturated rings. The van der Waals surface area contributed by atoms with Gasteiger partial charge in [0.2, 0.25) is 21.8 Å². The number of hydrogen-bond acceptors (Lipinski definition) is 7. The molecule has 0 saturated heterocycles. The molecule has 0 radical (unpaired) electrons. The van der Waals surface area contributed by atoms with Crippen LogP contribution in [0.1, 0.15) is 44.1 Å². The van der Waals surface area contributed by atoms with E-state index in [4.69, 9.17) is 15.2 Å². The smallest absolute Gasteiger partial charge is 0.249 e. The molecular formula is C28H39N5O6S. The fraction of sp³-hybridized carbons (Fsp3) is 0.464. The Bertz CT molecular complexity index is 1320. The topological polar surface area (TPSA) is 152 Å². The number of ether oxygens (including phenoxy) is 2. The maximum atomic E-state index is 13.4. The summed E-state index contributed by atoms with van der Waals surface area (Å²) in [4.78, 5) is 30.5. The summed E-state index contributed by atoms with van der Waals surface area (Å²) < 4.78 is 36.7. The fourth-order valence-corrected chi connectivity index (χ4v) is 5.64. The number of benzene rings is 2. The van der Waals surface area contributed by atoms with Gasteiger partial charge in [-0.05, 0) is 48.2 Å². The molecule has 0 unspecified atom stereocenters. The second-order valence-corrected chi connectivity index (χ2v) is 12.1. The van der Waals surface area contributed by atoms with Crippen LogP contribution in [0.5, 0.6) is 11.5 Å². The van der Waals surface area contributed by atoms with E-state index in [0.29, 0.717) is 35.1 Å². The number of sulfonamides is 1. The van der Waals surface area contributed by atoms with Gasteiger partial charge in [-0.3, -0.25) is 14.9 Å².